The molecule has 0 aliphatic heterocycles. The van der Waals surface area contributed by atoms with Crippen molar-refractivity contribution >= 4 is 0 Å². The summed E-state index contributed by atoms with van der Waals surface area (Å²) in [7, 11) is 0. The first-order chi connectivity index (χ1) is 10.4. The van der Waals surface area contributed by atoms with E-state index in [0.29, 0.717) is 0 Å². The molecule has 0 unspecified atom stereocenters. The highest BCUT2D eigenvalue weighted by atomic mass is 16.5. The van der Waals surface area contributed by atoms with Crippen molar-refractivity contribution in [2.75, 3.05) is 0 Å². The van der Waals surface area contributed by atoms with Crippen molar-refractivity contribution in [3.8, 4) is 11.3 Å². The number of nitrogens with zero attached hydrogens (tertiary/aromatic N) is 2. The predicted octanol–water partition coefficient (Wildman–Crippen LogP) is 5.42. The van der Waals surface area contributed by atoms with Crippen molar-refractivity contribution < 1.29 is 4.52 Å². The van der Waals surface area contributed by atoms with Gasteiger partial charge in [-0.3, -0.25) is 0 Å². The van der Waals surface area contributed by atoms with Crippen LogP contribution in [-0.4, -0.2) is 10.4 Å². The molecular weight excluding hydrogens is 260 g/mol. The van der Waals surface area contributed by atoms with Gasteiger partial charge in [0.05, 0.1) is 0 Å². The third-order valence-electron chi connectivity index (χ3n) is 3.86. The maximum atomic E-state index is 5.32. The highest BCUT2D eigenvalue weighted by Gasteiger charge is 2.11. The summed E-state index contributed by atoms with van der Waals surface area (Å²) in [5, 5.41) is 7.84. The number of hydrogen-bond donors (Lipinski definition) is 0. The maximum Gasteiger partial charge on any atom is 0.165 e. The predicted molar refractivity (Wildman–Crippen MR) is 86.0 cm³/mol. The van der Waals surface area contributed by atoms with Crippen LogP contribution < -0.4 is 0 Å². The molecule has 0 atom stereocenters. The summed E-state index contributed by atoms with van der Waals surface area (Å²) >= 11 is 0. The molecule has 0 fully saturated rings. The second-order valence-corrected chi connectivity index (χ2v) is 5.64. The Morgan fingerprint density at radius 3 is 2.24 bits per heavy atom. The zero-order valence-electron chi connectivity index (χ0n) is 13.1. The molecule has 3 nitrogen and oxygen atoms in total. The van der Waals surface area contributed by atoms with Gasteiger partial charge < -0.3 is 4.52 Å². The Balaban J connectivity index is 1.69. The summed E-state index contributed by atoms with van der Waals surface area (Å²) in [6.07, 6.45) is 11.5. The number of rotatable bonds is 10. The van der Waals surface area contributed by atoms with Crippen molar-refractivity contribution in [1.29, 1.82) is 0 Å². The van der Waals surface area contributed by atoms with Crippen LogP contribution in [0.1, 0.15) is 64.1 Å². The van der Waals surface area contributed by atoms with Crippen LogP contribution in [0, 0.1) is 0 Å². The van der Waals surface area contributed by atoms with E-state index in [4.69, 9.17) is 4.52 Å². The molecule has 21 heavy (non-hydrogen) atoms. The van der Waals surface area contributed by atoms with E-state index in [9.17, 15) is 0 Å². The topological polar surface area (TPSA) is 38.9 Å². The molecule has 1 aromatic heterocycles. The van der Waals surface area contributed by atoms with E-state index in [1.165, 1.54) is 44.9 Å². The first-order valence-corrected chi connectivity index (χ1v) is 8.28. The molecule has 114 valence electrons. The van der Waals surface area contributed by atoms with Crippen LogP contribution in [0.4, 0.5) is 0 Å². The number of benzene rings is 1. The Labute approximate surface area is 127 Å². The van der Waals surface area contributed by atoms with Crippen LogP contribution in [-0.2, 0) is 6.42 Å². The Bertz CT molecular complexity index is 493. The molecule has 0 saturated carbocycles. The zero-order chi connectivity index (χ0) is 14.8. The van der Waals surface area contributed by atoms with Gasteiger partial charge >= 0.3 is 0 Å². The number of aromatic nitrogens is 2. The van der Waals surface area contributed by atoms with Crippen LogP contribution in [0.5, 0.6) is 0 Å². The highest BCUT2D eigenvalue weighted by Crippen LogP contribution is 2.22. The molecule has 2 rings (SSSR count). The molecular formula is C18H26N2O. The van der Waals surface area contributed by atoms with Crippen LogP contribution in [0.2, 0.25) is 0 Å². The van der Waals surface area contributed by atoms with Gasteiger partial charge in [0.15, 0.2) is 5.76 Å². The summed E-state index contributed by atoms with van der Waals surface area (Å²) in [5.41, 5.74) is 1.99. The van der Waals surface area contributed by atoms with Crippen molar-refractivity contribution in [2.45, 2.75) is 64.7 Å². The van der Waals surface area contributed by atoms with Crippen molar-refractivity contribution in [1.82, 2.24) is 10.4 Å². The van der Waals surface area contributed by atoms with Gasteiger partial charge in [-0.2, -0.15) is 0 Å². The van der Waals surface area contributed by atoms with Crippen LogP contribution in [0.25, 0.3) is 11.3 Å². The fourth-order valence-corrected chi connectivity index (χ4v) is 2.61. The molecule has 0 spiro atoms. The van der Waals surface area contributed by atoms with E-state index in [1.54, 1.807) is 0 Å². The zero-order valence-corrected chi connectivity index (χ0v) is 13.1. The minimum absolute atomic E-state index is 0.901. The van der Waals surface area contributed by atoms with Crippen LogP contribution in [0.15, 0.2) is 34.9 Å². The first kappa shape index (κ1) is 15.7. The number of hydrogen-bond acceptors (Lipinski definition) is 3. The summed E-state index contributed by atoms with van der Waals surface area (Å²) < 4.78 is 5.32. The fourth-order valence-electron chi connectivity index (χ4n) is 2.61. The lowest BCUT2D eigenvalue weighted by molar-refractivity contribution is 0.358. The molecule has 0 aliphatic carbocycles. The molecule has 0 N–H and O–H groups in total. The van der Waals surface area contributed by atoms with Gasteiger partial charge in [0.25, 0.3) is 0 Å². The van der Waals surface area contributed by atoms with Gasteiger partial charge in [-0.05, 0) is 6.42 Å². The monoisotopic (exact) mass is 286 g/mol. The lowest BCUT2D eigenvalue weighted by Crippen LogP contribution is -1.88. The van der Waals surface area contributed by atoms with Gasteiger partial charge in [-0.1, -0.05) is 82.2 Å². The number of unbranched alkanes of at least 4 members (excludes halogenated alkanes) is 7. The molecule has 3 heteroatoms. The normalized spacial score (nSPS) is 10.9. The number of aryl methyl sites for hydroxylation is 1. The Morgan fingerprint density at radius 2 is 1.52 bits per heavy atom. The van der Waals surface area contributed by atoms with Crippen LogP contribution in [0.3, 0.4) is 0 Å². The van der Waals surface area contributed by atoms with E-state index < -0.39 is 0 Å². The molecule has 1 aromatic carbocycles. The Morgan fingerprint density at radius 1 is 0.857 bits per heavy atom. The van der Waals surface area contributed by atoms with Crippen molar-refractivity contribution in [3.63, 3.8) is 0 Å². The largest absolute Gasteiger partial charge is 0.341 e. The average molecular weight is 286 g/mol. The second kappa shape index (κ2) is 9.32. The molecule has 0 saturated heterocycles. The third kappa shape index (κ3) is 5.33. The van der Waals surface area contributed by atoms with Gasteiger partial charge in [0.2, 0.25) is 0 Å². The third-order valence-corrected chi connectivity index (χ3v) is 3.86. The first-order valence-electron chi connectivity index (χ1n) is 8.28. The molecule has 1 heterocycles. The van der Waals surface area contributed by atoms with E-state index >= 15 is 0 Å². The lowest BCUT2D eigenvalue weighted by atomic mass is 10.0. The van der Waals surface area contributed by atoms with Gasteiger partial charge in [-0.15, -0.1) is 5.10 Å². The lowest BCUT2D eigenvalue weighted by Gasteiger charge is -2.01. The molecule has 0 radical (unpaired) electrons. The molecule has 0 aliphatic rings. The molecule has 0 amide bonds. The van der Waals surface area contributed by atoms with Crippen molar-refractivity contribution in [3.05, 3.63) is 36.1 Å². The Kier molecular flexibility index (Phi) is 6.99. The van der Waals surface area contributed by atoms with E-state index in [-0.39, 0.29) is 0 Å². The van der Waals surface area contributed by atoms with E-state index in [1.807, 2.05) is 18.2 Å². The SMILES string of the molecule is CCCCCCCCCCc1onnc1-c1ccccc1. The highest BCUT2D eigenvalue weighted by molar-refractivity contribution is 5.60. The average Bonchev–Trinajstić information content (AvgIpc) is 2.99. The summed E-state index contributed by atoms with van der Waals surface area (Å²) in [5.74, 6) is 0.923. The van der Waals surface area contributed by atoms with Gasteiger partial charge in [-0.25, -0.2) is 0 Å². The quantitative estimate of drug-likeness (QED) is 0.547. The summed E-state index contributed by atoms with van der Waals surface area (Å²) in [6, 6.07) is 10.1. The Hall–Kier alpha value is -1.64. The second-order valence-electron chi connectivity index (χ2n) is 5.64. The van der Waals surface area contributed by atoms with Crippen molar-refractivity contribution in [2.24, 2.45) is 0 Å². The molecule has 2 aromatic rings. The fraction of sp³-hybridized carbons (Fsp3) is 0.556. The van der Waals surface area contributed by atoms with E-state index in [0.717, 1.165) is 29.9 Å². The standard InChI is InChI=1S/C18H26N2O/c1-2-3-4-5-6-7-8-12-15-17-18(19-20-21-17)16-13-10-9-11-14-16/h9-11,13-14H,2-8,12,15H2,1H3. The smallest absolute Gasteiger partial charge is 0.165 e. The summed E-state index contributed by atoms with van der Waals surface area (Å²) in [6.45, 7) is 2.26. The van der Waals surface area contributed by atoms with Gasteiger partial charge in [0.1, 0.15) is 5.69 Å². The minimum atomic E-state index is 0.901. The maximum absolute atomic E-state index is 5.32. The molecule has 0 bridgehead atoms. The van der Waals surface area contributed by atoms with Gasteiger partial charge in [0, 0.05) is 17.3 Å². The minimum Gasteiger partial charge on any atom is -0.341 e. The van der Waals surface area contributed by atoms with Crippen LogP contribution >= 0.6 is 0 Å². The summed E-state index contributed by atoms with van der Waals surface area (Å²) in [4.78, 5) is 0. The van der Waals surface area contributed by atoms with E-state index in [2.05, 4.69) is 29.4 Å².